The van der Waals surface area contributed by atoms with Crippen molar-refractivity contribution in [2.75, 3.05) is 19.6 Å². The average molecular weight is 353 g/mol. The van der Waals surface area contributed by atoms with E-state index < -0.39 is 0 Å². The van der Waals surface area contributed by atoms with Gasteiger partial charge in [-0.3, -0.25) is 4.79 Å². The lowest BCUT2D eigenvalue weighted by Gasteiger charge is -2.33. The van der Waals surface area contributed by atoms with E-state index in [2.05, 4.69) is 33.1 Å². The van der Waals surface area contributed by atoms with Gasteiger partial charge in [-0.15, -0.1) is 0 Å². The van der Waals surface area contributed by atoms with Crippen LogP contribution in [0.15, 0.2) is 22.7 Å². The molecule has 1 aliphatic heterocycles. The first-order valence-corrected chi connectivity index (χ1v) is 8.65. The number of aryl methyl sites for hydroxylation is 1. The first-order valence-electron chi connectivity index (χ1n) is 7.85. The highest BCUT2D eigenvalue weighted by Crippen LogP contribution is 2.17. The fraction of sp³-hybridized carbons (Fsp3) is 0.588. The second-order valence-electron chi connectivity index (χ2n) is 6.01. The summed E-state index contributed by atoms with van der Waals surface area (Å²) in [4.78, 5) is 14.7. The molecule has 0 aromatic heterocycles. The molecule has 1 N–H and O–H groups in total. The number of likely N-dealkylation sites (tertiary alicyclic amines) is 1. The number of hydrogen-bond acceptors (Lipinski definition) is 2. The van der Waals surface area contributed by atoms with Crippen molar-refractivity contribution in [1.29, 1.82) is 0 Å². The summed E-state index contributed by atoms with van der Waals surface area (Å²) >= 11 is 3.44. The van der Waals surface area contributed by atoms with Gasteiger partial charge in [0.05, 0.1) is 0 Å². The zero-order valence-corrected chi connectivity index (χ0v) is 14.6. The van der Waals surface area contributed by atoms with Crippen LogP contribution in [0.3, 0.4) is 0 Å². The molecule has 0 spiro atoms. The van der Waals surface area contributed by atoms with Crippen LogP contribution in [0.5, 0.6) is 0 Å². The molecule has 3 nitrogen and oxygen atoms in total. The van der Waals surface area contributed by atoms with E-state index in [1.165, 1.54) is 25.8 Å². The Kier molecular flexibility index (Phi) is 6.24. The zero-order valence-electron chi connectivity index (χ0n) is 13.0. The molecule has 0 saturated carbocycles. The Balaban J connectivity index is 1.74. The lowest BCUT2D eigenvalue weighted by molar-refractivity contribution is 0.0948. The van der Waals surface area contributed by atoms with Gasteiger partial charge in [-0.25, -0.2) is 0 Å². The predicted molar refractivity (Wildman–Crippen MR) is 90.7 cm³/mol. The third kappa shape index (κ3) is 5.11. The second kappa shape index (κ2) is 7.95. The predicted octanol–water partition coefficient (Wildman–Crippen LogP) is 3.75. The molecular weight excluding hydrogens is 328 g/mol. The first kappa shape index (κ1) is 16.5. The van der Waals surface area contributed by atoms with Crippen LogP contribution in [0.2, 0.25) is 0 Å². The van der Waals surface area contributed by atoms with Gasteiger partial charge in [0.2, 0.25) is 0 Å². The smallest absolute Gasteiger partial charge is 0.251 e. The van der Waals surface area contributed by atoms with Crippen LogP contribution in [-0.2, 0) is 0 Å². The second-order valence-corrected chi connectivity index (χ2v) is 6.92. The lowest BCUT2D eigenvalue weighted by Crippen LogP contribution is -2.39. The summed E-state index contributed by atoms with van der Waals surface area (Å²) in [6.07, 6.45) is 5.00. The van der Waals surface area contributed by atoms with E-state index in [4.69, 9.17) is 0 Å². The summed E-state index contributed by atoms with van der Waals surface area (Å²) in [5, 5.41) is 3.02. The van der Waals surface area contributed by atoms with Crippen LogP contribution >= 0.6 is 15.9 Å². The van der Waals surface area contributed by atoms with Gasteiger partial charge in [0.15, 0.2) is 0 Å². The van der Waals surface area contributed by atoms with Crippen molar-refractivity contribution >= 4 is 21.8 Å². The summed E-state index contributed by atoms with van der Waals surface area (Å²) in [6.45, 7) is 7.34. The van der Waals surface area contributed by atoms with Crippen LogP contribution in [0.4, 0.5) is 0 Å². The Morgan fingerprint density at radius 3 is 2.90 bits per heavy atom. The Morgan fingerprint density at radius 1 is 1.38 bits per heavy atom. The summed E-state index contributed by atoms with van der Waals surface area (Å²) in [5.41, 5.74) is 1.82. The number of benzene rings is 1. The van der Waals surface area contributed by atoms with Gasteiger partial charge in [-0.05, 0) is 63.4 Å². The third-order valence-electron chi connectivity index (χ3n) is 4.15. The topological polar surface area (TPSA) is 32.3 Å². The van der Waals surface area contributed by atoms with Crippen LogP contribution in [0.25, 0.3) is 0 Å². The molecule has 1 atom stereocenters. The van der Waals surface area contributed by atoms with Gasteiger partial charge >= 0.3 is 0 Å². The molecule has 1 unspecified atom stereocenters. The molecule has 2 rings (SSSR count). The molecule has 1 fully saturated rings. The number of amides is 1. The molecule has 21 heavy (non-hydrogen) atoms. The van der Waals surface area contributed by atoms with E-state index in [0.29, 0.717) is 6.04 Å². The standard InChI is InChI=1S/C17H25BrN2O/c1-13-10-15(12-16(18)11-13)17(21)19-7-5-9-20-8-4-3-6-14(20)2/h10-12,14H,3-9H2,1-2H3,(H,19,21). The number of carbonyl (C=O) groups is 1. The highest BCUT2D eigenvalue weighted by molar-refractivity contribution is 9.10. The summed E-state index contributed by atoms with van der Waals surface area (Å²) in [5.74, 6) is 0.0195. The molecule has 4 heteroatoms. The molecule has 0 aliphatic carbocycles. The number of halogens is 1. The molecule has 1 aliphatic rings. The largest absolute Gasteiger partial charge is 0.352 e. The van der Waals surface area contributed by atoms with Crippen molar-refractivity contribution in [3.8, 4) is 0 Å². The van der Waals surface area contributed by atoms with E-state index >= 15 is 0 Å². The van der Waals surface area contributed by atoms with Crippen LogP contribution in [0, 0.1) is 6.92 Å². The van der Waals surface area contributed by atoms with Gasteiger partial charge in [-0.2, -0.15) is 0 Å². The van der Waals surface area contributed by atoms with Crippen molar-refractivity contribution in [3.05, 3.63) is 33.8 Å². The minimum Gasteiger partial charge on any atom is -0.352 e. The highest BCUT2D eigenvalue weighted by atomic mass is 79.9. The van der Waals surface area contributed by atoms with Gasteiger partial charge in [0, 0.05) is 29.2 Å². The Bertz CT molecular complexity index is 469. The lowest BCUT2D eigenvalue weighted by atomic mass is 10.0. The van der Waals surface area contributed by atoms with Crippen LogP contribution in [0.1, 0.15) is 48.5 Å². The summed E-state index contributed by atoms with van der Waals surface area (Å²) in [6, 6.07) is 6.50. The molecular formula is C17H25BrN2O. The molecule has 0 radical (unpaired) electrons. The number of rotatable bonds is 5. The first-order chi connectivity index (χ1) is 10.1. The normalized spacial score (nSPS) is 19.5. The van der Waals surface area contributed by atoms with Crippen molar-refractivity contribution in [2.45, 2.75) is 45.6 Å². The Hall–Kier alpha value is -0.870. The number of nitrogens with zero attached hydrogens (tertiary/aromatic N) is 1. The maximum absolute atomic E-state index is 12.1. The Morgan fingerprint density at radius 2 is 2.19 bits per heavy atom. The SMILES string of the molecule is Cc1cc(Br)cc(C(=O)NCCCN2CCCCC2C)c1. The molecule has 1 saturated heterocycles. The highest BCUT2D eigenvalue weighted by Gasteiger charge is 2.17. The minimum absolute atomic E-state index is 0.0195. The molecule has 1 aromatic rings. The quantitative estimate of drug-likeness (QED) is 0.818. The van der Waals surface area contributed by atoms with Crippen molar-refractivity contribution in [1.82, 2.24) is 10.2 Å². The van der Waals surface area contributed by atoms with E-state index in [-0.39, 0.29) is 5.91 Å². The maximum atomic E-state index is 12.1. The molecule has 0 bridgehead atoms. The number of carbonyl (C=O) groups excluding carboxylic acids is 1. The summed E-state index contributed by atoms with van der Waals surface area (Å²) < 4.78 is 0.954. The fourth-order valence-corrected chi connectivity index (χ4v) is 3.55. The third-order valence-corrected chi connectivity index (χ3v) is 4.61. The number of piperidine rings is 1. The fourth-order valence-electron chi connectivity index (χ4n) is 2.94. The molecule has 116 valence electrons. The van der Waals surface area contributed by atoms with E-state index in [0.717, 1.165) is 35.1 Å². The van der Waals surface area contributed by atoms with Crippen molar-refractivity contribution in [2.24, 2.45) is 0 Å². The maximum Gasteiger partial charge on any atom is 0.251 e. The molecule has 1 heterocycles. The molecule has 1 aromatic carbocycles. The van der Waals surface area contributed by atoms with E-state index in [1.54, 1.807) is 0 Å². The van der Waals surface area contributed by atoms with Crippen molar-refractivity contribution < 1.29 is 4.79 Å². The van der Waals surface area contributed by atoms with E-state index in [1.807, 2.05) is 25.1 Å². The Labute approximate surface area is 136 Å². The number of nitrogens with one attached hydrogen (secondary N) is 1. The summed E-state index contributed by atoms with van der Waals surface area (Å²) in [7, 11) is 0. The minimum atomic E-state index is 0.0195. The van der Waals surface area contributed by atoms with Crippen molar-refractivity contribution in [3.63, 3.8) is 0 Å². The van der Waals surface area contributed by atoms with Gasteiger partial charge in [-0.1, -0.05) is 22.4 Å². The van der Waals surface area contributed by atoms with Crippen LogP contribution in [-0.4, -0.2) is 36.5 Å². The van der Waals surface area contributed by atoms with Crippen LogP contribution < -0.4 is 5.32 Å². The number of hydrogen-bond donors (Lipinski definition) is 1. The van der Waals surface area contributed by atoms with E-state index in [9.17, 15) is 4.79 Å². The zero-order chi connectivity index (χ0) is 15.2. The van der Waals surface area contributed by atoms with Gasteiger partial charge in [0.1, 0.15) is 0 Å². The monoisotopic (exact) mass is 352 g/mol. The van der Waals surface area contributed by atoms with Gasteiger partial charge < -0.3 is 10.2 Å². The molecule has 1 amide bonds. The van der Waals surface area contributed by atoms with Gasteiger partial charge in [0.25, 0.3) is 5.91 Å². The average Bonchev–Trinajstić information content (AvgIpc) is 2.44.